The van der Waals surface area contributed by atoms with Crippen molar-refractivity contribution in [3.8, 4) is 11.5 Å². The number of rotatable bonds is 8. The topological polar surface area (TPSA) is 38.8 Å². The number of hydrogen-bond donors (Lipinski definition) is 0. The van der Waals surface area contributed by atoms with Gasteiger partial charge in [-0.15, -0.1) is 11.3 Å². The highest BCUT2D eigenvalue weighted by Crippen LogP contribution is 2.37. The molecule has 0 aliphatic carbocycles. The van der Waals surface area contributed by atoms with Gasteiger partial charge in [-0.25, -0.2) is 0 Å². The van der Waals surface area contributed by atoms with Gasteiger partial charge in [0.2, 0.25) is 0 Å². The van der Waals surface area contributed by atoms with Crippen LogP contribution in [-0.2, 0) is 6.54 Å². The first-order valence-corrected chi connectivity index (χ1v) is 9.61. The largest absolute Gasteiger partial charge is 0.490 e. The van der Waals surface area contributed by atoms with E-state index in [4.69, 9.17) is 21.1 Å². The molecule has 0 aliphatic rings. The molecule has 25 heavy (non-hydrogen) atoms. The minimum atomic E-state index is -0.0994. The molecule has 4 nitrogen and oxygen atoms in total. The van der Waals surface area contributed by atoms with Crippen LogP contribution >= 0.6 is 22.9 Å². The van der Waals surface area contributed by atoms with Crippen molar-refractivity contribution >= 4 is 28.8 Å². The van der Waals surface area contributed by atoms with Crippen molar-refractivity contribution in [3.63, 3.8) is 0 Å². The Bertz CT molecular complexity index is 729. The highest BCUT2D eigenvalue weighted by molar-refractivity contribution is 7.10. The van der Waals surface area contributed by atoms with Gasteiger partial charge in [-0.1, -0.05) is 18.5 Å². The molecule has 0 bridgehead atoms. The molecule has 0 N–H and O–H groups in total. The monoisotopic (exact) mass is 381 g/mol. The third-order valence-corrected chi connectivity index (χ3v) is 4.99. The second-order valence-electron chi connectivity index (χ2n) is 5.75. The Labute approximate surface area is 158 Å². The molecule has 0 atom stereocenters. The van der Waals surface area contributed by atoms with Gasteiger partial charge in [-0.05, 0) is 49.4 Å². The number of thiophene rings is 1. The summed E-state index contributed by atoms with van der Waals surface area (Å²) >= 11 is 8.00. The summed E-state index contributed by atoms with van der Waals surface area (Å²) in [4.78, 5) is 15.7. The summed E-state index contributed by atoms with van der Waals surface area (Å²) in [5.41, 5.74) is 1.69. The lowest BCUT2D eigenvalue weighted by Crippen LogP contribution is -2.26. The van der Waals surface area contributed by atoms with Gasteiger partial charge in [0.15, 0.2) is 11.5 Å². The molecule has 1 heterocycles. The van der Waals surface area contributed by atoms with Crippen LogP contribution in [0.15, 0.2) is 23.6 Å². The van der Waals surface area contributed by atoms with Crippen LogP contribution in [0.4, 0.5) is 0 Å². The van der Waals surface area contributed by atoms with E-state index >= 15 is 0 Å². The molecule has 0 fully saturated rings. The van der Waals surface area contributed by atoms with E-state index < -0.39 is 0 Å². The highest BCUT2D eigenvalue weighted by atomic mass is 35.5. The summed E-state index contributed by atoms with van der Waals surface area (Å²) in [6.07, 6.45) is 0.867. The summed E-state index contributed by atoms with van der Waals surface area (Å²) < 4.78 is 11.3. The Morgan fingerprint density at radius 3 is 2.64 bits per heavy atom. The van der Waals surface area contributed by atoms with Crippen molar-refractivity contribution < 1.29 is 14.3 Å². The van der Waals surface area contributed by atoms with Crippen molar-refractivity contribution in [2.45, 2.75) is 33.7 Å². The predicted molar refractivity (Wildman–Crippen MR) is 103 cm³/mol. The Morgan fingerprint density at radius 1 is 1.28 bits per heavy atom. The van der Waals surface area contributed by atoms with E-state index in [2.05, 4.69) is 6.07 Å². The summed E-state index contributed by atoms with van der Waals surface area (Å²) in [7, 11) is 1.79. The standard InChI is InChI=1S/C19H24ClNO3S/c1-5-8-24-18-15(20)10-14(11-16(18)23-6-2)19(22)21(4)12-17-13(3)7-9-25-17/h7,9-11H,5-6,8,12H2,1-4H3. The molecular weight excluding hydrogens is 358 g/mol. The molecule has 0 unspecified atom stereocenters. The average molecular weight is 382 g/mol. The SMILES string of the molecule is CCCOc1c(Cl)cc(C(=O)N(C)Cc2sccc2C)cc1OCC. The molecule has 2 rings (SSSR count). The third-order valence-electron chi connectivity index (χ3n) is 3.70. The van der Waals surface area contributed by atoms with Crippen LogP contribution in [0.1, 0.15) is 41.1 Å². The van der Waals surface area contributed by atoms with Gasteiger partial charge in [-0.2, -0.15) is 0 Å². The number of carbonyl (C=O) groups is 1. The molecule has 2 aromatic rings. The van der Waals surface area contributed by atoms with Crippen LogP contribution in [0.25, 0.3) is 0 Å². The average Bonchev–Trinajstić information content (AvgIpc) is 2.98. The smallest absolute Gasteiger partial charge is 0.254 e. The molecule has 6 heteroatoms. The molecule has 0 saturated heterocycles. The van der Waals surface area contributed by atoms with Crippen LogP contribution in [0.3, 0.4) is 0 Å². The molecule has 1 aromatic heterocycles. The van der Waals surface area contributed by atoms with E-state index in [0.29, 0.717) is 41.8 Å². The molecular formula is C19H24ClNO3S. The number of aryl methyl sites for hydroxylation is 1. The van der Waals surface area contributed by atoms with Gasteiger partial charge < -0.3 is 14.4 Å². The van der Waals surface area contributed by atoms with Crippen LogP contribution < -0.4 is 9.47 Å². The minimum absolute atomic E-state index is 0.0994. The fraction of sp³-hybridized carbons (Fsp3) is 0.421. The fourth-order valence-electron chi connectivity index (χ4n) is 2.37. The normalized spacial score (nSPS) is 10.6. The molecule has 0 radical (unpaired) electrons. The number of ether oxygens (including phenoxy) is 2. The van der Waals surface area contributed by atoms with Gasteiger partial charge in [0.05, 0.1) is 24.8 Å². The van der Waals surface area contributed by atoms with E-state index in [1.165, 1.54) is 10.4 Å². The maximum Gasteiger partial charge on any atom is 0.254 e. The van der Waals surface area contributed by atoms with E-state index in [1.807, 2.05) is 26.2 Å². The zero-order valence-electron chi connectivity index (χ0n) is 15.1. The maximum absolute atomic E-state index is 12.8. The predicted octanol–water partition coefficient (Wildman–Crippen LogP) is 5.17. The molecule has 136 valence electrons. The Hall–Kier alpha value is -1.72. The van der Waals surface area contributed by atoms with Crippen LogP contribution in [0.5, 0.6) is 11.5 Å². The molecule has 1 amide bonds. The second kappa shape index (κ2) is 9.11. The van der Waals surface area contributed by atoms with E-state index in [1.54, 1.807) is 35.4 Å². The first kappa shape index (κ1) is 19.6. The van der Waals surface area contributed by atoms with Gasteiger partial charge >= 0.3 is 0 Å². The Kier molecular flexibility index (Phi) is 7.14. The minimum Gasteiger partial charge on any atom is -0.490 e. The van der Waals surface area contributed by atoms with Gasteiger partial charge in [0.25, 0.3) is 5.91 Å². The number of nitrogens with zero attached hydrogens (tertiary/aromatic N) is 1. The molecule has 0 aliphatic heterocycles. The van der Waals surface area contributed by atoms with Crippen LogP contribution in [0, 0.1) is 6.92 Å². The number of amides is 1. The van der Waals surface area contributed by atoms with Crippen molar-refractivity contribution in [1.82, 2.24) is 4.90 Å². The van der Waals surface area contributed by atoms with Crippen molar-refractivity contribution in [1.29, 1.82) is 0 Å². The maximum atomic E-state index is 12.8. The lowest BCUT2D eigenvalue weighted by atomic mass is 10.1. The second-order valence-corrected chi connectivity index (χ2v) is 7.16. The van der Waals surface area contributed by atoms with Crippen LogP contribution in [0.2, 0.25) is 5.02 Å². The number of hydrogen-bond acceptors (Lipinski definition) is 4. The molecule has 0 saturated carbocycles. The number of benzene rings is 1. The van der Waals surface area contributed by atoms with E-state index in [9.17, 15) is 4.79 Å². The van der Waals surface area contributed by atoms with E-state index in [-0.39, 0.29) is 5.91 Å². The highest BCUT2D eigenvalue weighted by Gasteiger charge is 2.19. The van der Waals surface area contributed by atoms with Gasteiger partial charge in [-0.3, -0.25) is 4.79 Å². The van der Waals surface area contributed by atoms with Crippen molar-refractivity contribution in [2.24, 2.45) is 0 Å². The quantitative estimate of drug-likeness (QED) is 0.633. The summed E-state index contributed by atoms with van der Waals surface area (Å²) in [6.45, 7) is 7.54. The lowest BCUT2D eigenvalue weighted by Gasteiger charge is -2.19. The van der Waals surface area contributed by atoms with Crippen molar-refractivity contribution in [2.75, 3.05) is 20.3 Å². The summed E-state index contributed by atoms with van der Waals surface area (Å²) in [5, 5.41) is 2.43. The summed E-state index contributed by atoms with van der Waals surface area (Å²) in [5.74, 6) is 0.906. The van der Waals surface area contributed by atoms with E-state index in [0.717, 1.165) is 6.42 Å². The molecule has 0 spiro atoms. The van der Waals surface area contributed by atoms with Crippen molar-refractivity contribution in [3.05, 3.63) is 44.6 Å². The first-order chi connectivity index (χ1) is 12.0. The summed E-state index contributed by atoms with van der Waals surface area (Å²) in [6, 6.07) is 5.41. The van der Waals surface area contributed by atoms with Gasteiger partial charge in [0, 0.05) is 17.5 Å². The lowest BCUT2D eigenvalue weighted by molar-refractivity contribution is 0.0785. The first-order valence-electron chi connectivity index (χ1n) is 8.35. The molecule has 1 aromatic carbocycles. The third kappa shape index (κ3) is 4.89. The zero-order valence-corrected chi connectivity index (χ0v) is 16.7. The van der Waals surface area contributed by atoms with Gasteiger partial charge in [0.1, 0.15) is 0 Å². The Balaban J connectivity index is 2.25. The number of carbonyl (C=O) groups excluding carboxylic acids is 1. The fourth-order valence-corrected chi connectivity index (χ4v) is 3.60. The van der Waals surface area contributed by atoms with Crippen LogP contribution in [-0.4, -0.2) is 31.1 Å². The Morgan fingerprint density at radius 2 is 2.04 bits per heavy atom. The number of halogens is 1. The zero-order chi connectivity index (χ0) is 18.4.